The molecule has 1 aromatic carbocycles. The van der Waals surface area contributed by atoms with Crippen LogP contribution in [0, 0.1) is 0 Å². The molecule has 0 heterocycles. The first-order chi connectivity index (χ1) is 7.65. The molecule has 0 aliphatic carbocycles. The first kappa shape index (κ1) is 13.4. The number of para-hydroxylation sites is 1. The molecule has 0 amide bonds. The van der Waals surface area contributed by atoms with Gasteiger partial charge in [-0.05, 0) is 6.07 Å². The van der Waals surface area contributed by atoms with E-state index in [2.05, 4.69) is 0 Å². The highest BCUT2D eigenvalue weighted by molar-refractivity contribution is 7.78. The van der Waals surface area contributed by atoms with E-state index >= 15 is 0 Å². The summed E-state index contributed by atoms with van der Waals surface area (Å²) in [5, 5.41) is 0.402. The first-order valence-electron chi connectivity index (χ1n) is 4.60. The van der Waals surface area contributed by atoms with Crippen molar-refractivity contribution in [3.8, 4) is 5.75 Å². The average molecular weight is 264 g/mol. The standard InChI is InChI=1S/C10H13ClO4S/c1-14-5-6-15-10-8(7-16(12)13)3-2-4-9(10)11/h2-4H,5-7H2,1H3,(H,12,13)/p-1. The number of methoxy groups -OCH3 is 1. The lowest BCUT2D eigenvalue weighted by atomic mass is 10.2. The first-order valence-corrected chi connectivity index (χ1v) is 6.22. The molecule has 0 N–H and O–H groups in total. The lowest BCUT2D eigenvalue weighted by molar-refractivity contribution is 0.146. The Morgan fingerprint density at radius 3 is 2.81 bits per heavy atom. The van der Waals surface area contributed by atoms with E-state index in [-0.39, 0.29) is 5.75 Å². The Kier molecular flexibility index (Phi) is 5.76. The SMILES string of the molecule is COCCOc1c(Cl)cccc1CS(=O)[O-]. The number of hydrogen-bond donors (Lipinski definition) is 0. The molecule has 0 aliphatic heterocycles. The third-order valence-corrected chi connectivity index (χ3v) is 2.70. The van der Waals surface area contributed by atoms with Crippen LogP contribution in [-0.4, -0.2) is 29.1 Å². The van der Waals surface area contributed by atoms with Crippen LogP contribution in [0.1, 0.15) is 5.56 Å². The Balaban J connectivity index is 2.81. The fraction of sp³-hybridized carbons (Fsp3) is 0.400. The minimum Gasteiger partial charge on any atom is -0.772 e. The molecule has 16 heavy (non-hydrogen) atoms. The molecule has 6 heteroatoms. The van der Waals surface area contributed by atoms with Crippen molar-refractivity contribution in [2.24, 2.45) is 0 Å². The summed E-state index contributed by atoms with van der Waals surface area (Å²) < 4.78 is 31.5. The highest BCUT2D eigenvalue weighted by atomic mass is 35.5. The maximum atomic E-state index is 10.6. The van der Waals surface area contributed by atoms with Crippen LogP contribution >= 0.6 is 11.6 Å². The zero-order valence-electron chi connectivity index (χ0n) is 8.77. The van der Waals surface area contributed by atoms with E-state index in [4.69, 9.17) is 21.1 Å². The molecule has 1 atom stereocenters. The van der Waals surface area contributed by atoms with Gasteiger partial charge in [-0.25, -0.2) is 0 Å². The van der Waals surface area contributed by atoms with Crippen molar-refractivity contribution in [2.45, 2.75) is 5.75 Å². The molecule has 1 rings (SSSR count). The van der Waals surface area contributed by atoms with E-state index in [0.717, 1.165) is 0 Å². The summed E-state index contributed by atoms with van der Waals surface area (Å²) in [5.74, 6) is 0.300. The van der Waals surface area contributed by atoms with Gasteiger partial charge in [0, 0.05) is 18.4 Å². The van der Waals surface area contributed by atoms with Crippen LogP contribution in [0.2, 0.25) is 5.02 Å². The maximum absolute atomic E-state index is 10.6. The molecule has 4 nitrogen and oxygen atoms in total. The quantitative estimate of drug-likeness (QED) is 0.579. The average Bonchev–Trinajstić information content (AvgIpc) is 2.21. The molecule has 90 valence electrons. The lowest BCUT2D eigenvalue weighted by Gasteiger charge is -2.13. The molecule has 0 fully saturated rings. The Hall–Kier alpha value is -0.620. The van der Waals surface area contributed by atoms with Crippen molar-refractivity contribution < 1.29 is 18.2 Å². The minimum atomic E-state index is -2.16. The number of ether oxygens (including phenoxy) is 2. The molecule has 0 aromatic heterocycles. The fourth-order valence-corrected chi connectivity index (χ4v) is 1.91. The molecule has 0 saturated heterocycles. The van der Waals surface area contributed by atoms with E-state index in [1.807, 2.05) is 0 Å². The molecular formula is C10H12ClO4S-. The van der Waals surface area contributed by atoms with Crippen LogP contribution in [0.3, 0.4) is 0 Å². The molecule has 0 aliphatic rings. The molecule has 0 saturated carbocycles. The van der Waals surface area contributed by atoms with Crippen molar-refractivity contribution in [3.05, 3.63) is 28.8 Å². The van der Waals surface area contributed by atoms with Crippen molar-refractivity contribution in [1.82, 2.24) is 0 Å². The Bertz CT molecular complexity index is 370. The summed E-state index contributed by atoms with van der Waals surface area (Å²) in [4.78, 5) is 0. The van der Waals surface area contributed by atoms with Crippen molar-refractivity contribution in [2.75, 3.05) is 20.3 Å². The Labute approximate surface area is 102 Å². The number of halogens is 1. The summed E-state index contributed by atoms with van der Waals surface area (Å²) in [7, 11) is 1.56. The van der Waals surface area contributed by atoms with Crippen LogP contribution in [0.15, 0.2) is 18.2 Å². The van der Waals surface area contributed by atoms with E-state index in [0.29, 0.717) is 29.5 Å². The van der Waals surface area contributed by atoms with E-state index in [1.54, 1.807) is 25.3 Å². The summed E-state index contributed by atoms with van der Waals surface area (Å²) in [6, 6.07) is 5.01. The van der Waals surface area contributed by atoms with Gasteiger partial charge >= 0.3 is 0 Å². The fourth-order valence-electron chi connectivity index (χ4n) is 1.18. The topological polar surface area (TPSA) is 58.6 Å². The highest BCUT2D eigenvalue weighted by Gasteiger charge is 2.08. The van der Waals surface area contributed by atoms with Crippen LogP contribution in [0.25, 0.3) is 0 Å². The molecule has 1 unspecified atom stereocenters. The van der Waals surface area contributed by atoms with Gasteiger partial charge in [0.15, 0.2) is 0 Å². The van der Waals surface area contributed by atoms with Gasteiger partial charge in [0.1, 0.15) is 12.4 Å². The van der Waals surface area contributed by atoms with Crippen molar-refractivity contribution in [1.29, 1.82) is 0 Å². The summed E-state index contributed by atoms with van der Waals surface area (Å²) >= 11 is 3.76. The zero-order valence-corrected chi connectivity index (χ0v) is 10.3. The van der Waals surface area contributed by atoms with Crippen molar-refractivity contribution in [3.63, 3.8) is 0 Å². The smallest absolute Gasteiger partial charge is 0.142 e. The van der Waals surface area contributed by atoms with Crippen molar-refractivity contribution >= 4 is 22.7 Å². The van der Waals surface area contributed by atoms with Crippen LogP contribution < -0.4 is 4.74 Å². The summed E-state index contributed by atoms with van der Waals surface area (Å²) in [6.07, 6.45) is 0. The van der Waals surface area contributed by atoms with Gasteiger partial charge in [0.05, 0.1) is 11.6 Å². The molecular weight excluding hydrogens is 252 g/mol. The predicted octanol–water partition coefficient (Wildman–Crippen LogP) is 1.74. The second kappa shape index (κ2) is 6.85. The number of rotatable bonds is 6. The van der Waals surface area contributed by atoms with E-state index < -0.39 is 11.1 Å². The van der Waals surface area contributed by atoms with Crippen LogP contribution in [0.4, 0.5) is 0 Å². The van der Waals surface area contributed by atoms with Gasteiger partial charge in [-0.15, -0.1) is 0 Å². The second-order valence-corrected chi connectivity index (χ2v) is 4.32. The maximum Gasteiger partial charge on any atom is 0.142 e. The molecule has 0 radical (unpaired) electrons. The van der Waals surface area contributed by atoms with E-state index in [1.165, 1.54) is 0 Å². The summed E-state index contributed by atoms with van der Waals surface area (Å²) in [6.45, 7) is 0.754. The van der Waals surface area contributed by atoms with E-state index in [9.17, 15) is 8.76 Å². The van der Waals surface area contributed by atoms with Gasteiger partial charge in [0.2, 0.25) is 0 Å². The number of benzene rings is 1. The van der Waals surface area contributed by atoms with Gasteiger partial charge in [0.25, 0.3) is 0 Å². The van der Waals surface area contributed by atoms with Gasteiger partial charge < -0.3 is 14.0 Å². The normalized spacial score (nSPS) is 12.4. The monoisotopic (exact) mass is 263 g/mol. The minimum absolute atomic E-state index is 0.108. The molecule has 0 bridgehead atoms. The number of hydrogen-bond acceptors (Lipinski definition) is 4. The third-order valence-electron chi connectivity index (χ3n) is 1.86. The van der Waals surface area contributed by atoms with Crippen LogP contribution in [0.5, 0.6) is 5.75 Å². The zero-order chi connectivity index (χ0) is 12.0. The lowest BCUT2D eigenvalue weighted by Crippen LogP contribution is -2.07. The van der Waals surface area contributed by atoms with Gasteiger partial charge in [-0.2, -0.15) is 0 Å². The third kappa shape index (κ3) is 4.09. The van der Waals surface area contributed by atoms with Gasteiger partial charge in [-0.1, -0.05) is 34.8 Å². The predicted molar refractivity (Wildman–Crippen MR) is 61.4 cm³/mol. The molecule has 0 spiro atoms. The Morgan fingerprint density at radius 2 is 2.19 bits per heavy atom. The Morgan fingerprint density at radius 1 is 1.44 bits per heavy atom. The van der Waals surface area contributed by atoms with Gasteiger partial charge in [-0.3, -0.25) is 4.21 Å². The summed E-state index contributed by atoms with van der Waals surface area (Å²) in [5.41, 5.74) is 0.553. The highest BCUT2D eigenvalue weighted by Crippen LogP contribution is 2.29. The largest absolute Gasteiger partial charge is 0.772 e. The second-order valence-electron chi connectivity index (χ2n) is 3.02. The van der Waals surface area contributed by atoms with Crippen LogP contribution in [-0.2, 0) is 21.6 Å². The molecule has 1 aromatic rings.